The molecule has 2 aliphatic heterocycles. The van der Waals surface area contributed by atoms with Crippen molar-refractivity contribution in [1.29, 1.82) is 0 Å². The van der Waals surface area contributed by atoms with E-state index in [1.165, 1.54) is 13.8 Å². The summed E-state index contributed by atoms with van der Waals surface area (Å²) in [4.78, 5) is 24.2. The number of ether oxygens (including phenoxy) is 3. The lowest BCUT2D eigenvalue weighted by molar-refractivity contribution is -0.476. The minimum atomic E-state index is -2.13. The SMILES string of the molecule is C=C1[C@@H](O)C23[C@H](OC(C)=O)[C@H]1CC[C@H]2[C@@]12CO[C@@]3(O)[C@@H](O)[C@@H]1C(C)(C)CC[C@@H]2OC(C)=O. The van der Waals surface area contributed by atoms with Crippen LogP contribution in [-0.2, 0) is 23.8 Å². The molecule has 178 valence electrons. The predicted octanol–water partition coefficient (Wildman–Crippen LogP) is 1.31. The Morgan fingerprint density at radius 2 is 1.75 bits per heavy atom. The molecule has 2 heterocycles. The molecule has 8 nitrogen and oxygen atoms in total. The molecular weight excluding hydrogens is 416 g/mol. The first-order valence-electron chi connectivity index (χ1n) is 11.6. The maximum absolute atomic E-state index is 12.1. The van der Waals surface area contributed by atoms with Crippen LogP contribution in [0.4, 0.5) is 0 Å². The summed E-state index contributed by atoms with van der Waals surface area (Å²) in [6.07, 6.45) is -1.51. The highest BCUT2D eigenvalue weighted by Crippen LogP contribution is 2.78. The average Bonchev–Trinajstić information content (AvgIpc) is 2.80. The summed E-state index contributed by atoms with van der Waals surface area (Å²) in [6, 6.07) is 0. The van der Waals surface area contributed by atoms with Crippen LogP contribution in [-0.4, -0.2) is 64.1 Å². The first kappa shape index (κ1) is 22.3. The van der Waals surface area contributed by atoms with Gasteiger partial charge in [-0.1, -0.05) is 20.4 Å². The van der Waals surface area contributed by atoms with Gasteiger partial charge in [0.2, 0.25) is 5.79 Å². The monoisotopic (exact) mass is 450 g/mol. The summed E-state index contributed by atoms with van der Waals surface area (Å²) in [7, 11) is 0. The third kappa shape index (κ3) is 2.27. The summed E-state index contributed by atoms with van der Waals surface area (Å²) in [6.45, 7) is 11.0. The predicted molar refractivity (Wildman–Crippen MR) is 111 cm³/mol. The van der Waals surface area contributed by atoms with E-state index in [0.717, 1.165) is 0 Å². The largest absolute Gasteiger partial charge is 0.462 e. The lowest BCUT2D eigenvalue weighted by Gasteiger charge is -2.75. The van der Waals surface area contributed by atoms with Gasteiger partial charge in [-0.2, -0.15) is 0 Å². The minimum Gasteiger partial charge on any atom is -0.462 e. The number of aliphatic hydroxyl groups is 3. The van der Waals surface area contributed by atoms with E-state index >= 15 is 0 Å². The van der Waals surface area contributed by atoms with Gasteiger partial charge in [-0.3, -0.25) is 9.59 Å². The van der Waals surface area contributed by atoms with Crippen LogP contribution in [0, 0.1) is 34.0 Å². The smallest absolute Gasteiger partial charge is 0.302 e. The Kier molecular flexibility index (Phi) is 4.57. The summed E-state index contributed by atoms with van der Waals surface area (Å²) < 4.78 is 17.7. The normalized spacial score (nSPS) is 52.7. The van der Waals surface area contributed by atoms with Crippen molar-refractivity contribution in [3.63, 3.8) is 0 Å². The third-order valence-corrected chi connectivity index (χ3v) is 9.66. The van der Waals surface area contributed by atoms with Gasteiger partial charge >= 0.3 is 11.9 Å². The van der Waals surface area contributed by atoms with E-state index in [4.69, 9.17) is 14.2 Å². The van der Waals surface area contributed by atoms with Crippen LogP contribution >= 0.6 is 0 Å². The molecule has 3 N–H and O–H groups in total. The molecule has 2 saturated heterocycles. The molecule has 2 spiro atoms. The summed E-state index contributed by atoms with van der Waals surface area (Å²) in [5, 5.41) is 35.4. The first-order chi connectivity index (χ1) is 14.9. The van der Waals surface area contributed by atoms with Crippen LogP contribution in [0.5, 0.6) is 0 Å². The van der Waals surface area contributed by atoms with Crippen molar-refractivity contribution in [2.24, 2.45) is 34.0 Å². The molecule has 10 atom stereocenters. The number of esters is 2. The van der Waals surface area contributed by atoms with Crippen molar-refractivity contribution in [3.8, 4) is 0 Å². The number of carbonyl (C=O) groups is 2. The van der Waals surface area contributed by atoms with E-state index in [0.29, 0.717) is 31.3 Å². The lowest BCUT2D eigenvalue weighted by atomic mass is 9.35. The maximum atomic E-state index is 12.1. The molecule has 8 heteroatoms. The molecule has 6 fully saturated rings. The highest BCUT2D eigenvalue weighted by atomic mass is 16.7. The van der Waals surface area contributed by atoms with E-state index in [1.54, 1.807) is 0 Å². The van der Waals surface area contributed by atoms with Crippen LogP contribution < -0.4 is 0 Å². The Labute approximate surface area is 187 Å². The van der Waals surface area contributed by atoms with E-state index in [2.05, 4.69) is 20.4 Å². The highest BCUT2D eigenvalue weighted by Gasteiger charge is 2.87. The maximum Gasteiger partial charge on any atom is 0.302 e. The number of hydrogen-bond acceptors (Lipinski definition) is 8. The molecule has 6 aliphatic rings. The Morgan fingerprint density at radius 3 is 2.38 bits per heavy atom. The van der Waals surface area contributed by atoms with Crippen molar-refractivity contribution in [2.75, 3.05) is 6.61 Å². The van der Waals surface area contributed by atoms with Gasteiger partial charge in [0.05, 0.1) is 18.1 Å². The fourth-order valence-corrected chi connectivity index (χ4v) is 8.82. The molecule has 1 unspecified atom stereocenters. The quantitative estimate of drug-likeness (QED) is 0.425. The van der Waals surface area contributed by atoms with Crippen LogP contribution in [0.3, 0.4) is 0 Å². The fourth-order valence-electron chi connectivity index (χ4n) is 8.82. The van der Waals surface area contributed by atoms with Crippen molar-refractivity contribution in [1.82, 2.24) is 0 Å². The second-order valence-electron chi connectivity index (χ2n) is 11.3. The zero-order chi connectivity index (χ0) is 23.4. The van der Waals surface area contributed by atoms with Crippen molar-refractivity contribution in [2.45, 2.75) is 83.6 Å². The second-order valence-corrected chi connectivity index (χ2v) is 11.3. The lowest BCUT2D eigenvalue weighted by Crippen LogP contribution is -2.86. The number of aliphatic hydroxyl groups excluding tert-OH is 2. The third-order valence-electron chi connectivity index (χ3n) is 9.66. The van der Waals surface area contributed by atoms with Gasteiger partial charge in [0.25, 0.3) is 0 Å². The van der Waals surface area contributed by atoms with Crippen molar-refractivity contribution in [3.05, 3.63) is 12.2 Å². The van der Waals surface area contributed by atoms with E-state index < -0.39 is 64.8 Å². The molecule has 32 heavy (non-hydrogen) atoms. The fraction of sp³-hybridized carbons (Fsp3) is 0.833. The molecule has 0 radical (unpaired) electrons. The molecule has 4 saturated carbocycles. The van der Waals surface area contributed by atoms with Crippen molar-refractivity contribution >= 4 is 11.9 Å². The van der Waals surface area contributed by atoms with Gasteiger partial charge in [-0.05, 0) is 42.6 Å². The number of rotatable bonds is 2. The molecule has 4 aliphatic carbocycles. The summed E-state index contributed by atoms with van der Waals surface area (Å²) in [5.74, 6) is -4.26. The standard InChI is InChI=1S/C24H34O8/c1-11-14-6-7-15-22-10-30-24(29,23(15,18(11)27)20(14)32-13(3)26)19(28)17(22)21(4,5)9-8-16(22)31-12(2)25/h14-20,27-29H,1,6-10H2,2-5H3/t14-,15-,16-,17+,18+,19-,20+,22+,23?,24-/m0/s1. The Morgan fingerprint density at radius 1 is 1.09 bits per heavy atom. The zero-order valence-corrected chi connectivity index (χ0v) is 19.2. The molecule has 6 rings (SSSR count). The molecule has 0 amide bonds. The van der Waals surface area contributed by atoms with Crippen LogP contribution in [0.2, 0.25) is 0 Å². The Balaban J connectivity index is 1.78. The van der Waals surface area contributed by atoms with Gasteiger partial charge in [-0.25, -0.2) is 0 Å². The molecular formula is C24H34O8. The topological polar surface area (TPSA) is 123 Å². The first-order valence-corrected chi connectivity index (χ1v) is 11.6. The van der Waals surface area contributed by atoms with Gasteiger partial charge in [-0.15, -0.1) is 0 Å². The Hall–Kier alpha value is -1.48. The van der Waals surface area contributed by atoms with Crippen molar-refractivity contribution < 1.29 is 39.1 Å². The number of carbonyl (C=O) groups excluding carboxylic acids is 2. The molecule has 0 aromatic carbocycles. The highest BCUT2D eigenvalue weighted by molar-refractivity contribution is 5.67. The van der Waals surface area contributed by atoms with E-state index in [1.807, 2.05) is 0 Å². The van der Waals surface area contributed by atoms with Gasteiger partial charge in [0, 0.05) is 31.1 Å². The summed E-state index contributed by atoms with van der Waals surface area (Å²) >= 11 is 0. The minimum absolute atomic E-state index is 0.0929. The number of hydrogen-bond donors (Lipinski definition) is 3. The molecule has 0 aromatic rings. The zero-order valence-electron chi connectivity index (χ0n) is 19.2. The van der Waals surface area contributed by atoms with Crippen LogP contribution in [0.15, 0.2) is 12.2 Å². The van der Waals surface area contributed by atoms with Gasteiger partial charge < -0.3 is 29.5 Å². The summed E-state index contributed by atoms with van der Waals surface area (Å²) in [5.41, 5.74) is -2.21. The average molecular weight is 451 g/mol. The second kappa shape index (κ2) is 6.56. The van der Waals surface area contributed by atoms with Crippen LogP contribution in [0.25, 0.3) is 0 Å². The van der Waals surface area contributed by atoms with Gasteiger partial charge in [0.1, 0.15) is 18.3 Å². The Bertz CT molecular complexity index is 883. The van der Waals surface area contributed by atoms with E-state index in [-0.39, 0.29) is 17.9 Å². The molecule has 0 aromatic heterocycles. The van der Waals surface area contributed by atoms with Gasteiger partial charge in [0.15, 0.2) is 0 Å². The van der Waals surface area contributed by atoms with E-state index in [9.17, 15) is 24.9 Å². The number of fused-ring (bicyclic) bond motifs is 2. The molecule has 4 bridgehead atoms. The van der Waals surface area contributed by atoms with Crippen LogP contribution in [0.1, 0.15) is 53.4 Å².